The van der Waals surface area contributed by atoms with E-state index >= 15 is 0 Å². The third-order valence-corrected chi connectivity index (χ3v) is 0. The standard InChI is InChI=1S/C3H4Cl.CH3.Y/c1-3(2)4;;/h1-2H2;1H3;/q2*-1;. The maximum atomic E-state index is 4.97. The van der Waals surface area contributed by atoms with Crippen LogP contribution < -0.4 is 0 Å². The summed E-state index contributed by atoms with van der Waals surface area (Å²) >= 11 is 4.97. The largest absolute Gasteiger partial charge is 0.358 e. The van der Waals surface area contributed by atoms with E-state index in [0.29, 0.717) is 5.03 Å². The molecule has 0 N–H and O–H groups in total. The SMILES string of the molecule is C=C([CH2-])Cl.[CH3-].[Y]. The molecule has 1 radical (unpaired) electrons. The Morgan fingerprint density at radius 2 is 1.67 bits per heavy atom. The summed E-state index contributed by atoms with van der Waals surface area (Å²) in [4.78, 5) is 0. The predicted octanol–water partition coefficient (Wildman–Crippen LogP) is 2.02. The molecule has 0 rings (SSSR count). The zero-order valence-corrected chi connectivity index (χ0v) is 7.46. The van der Waals surface area contributed by atoms with Crippen molar-refractivity contribution < 1.29 is 32.7 Å². The summed E-state index contributed by atoms with van der Waals surface area (Å²) in [7, 11) is 0. The summed E-state index contributed by atoms with van der Waals surface area (Å²) in [5.41, 5.74) is 0. The maximum Gasteiger partial charge on any atom is 0 e. The van der Waals surface area contributed by atoms with Crippen molar-refractivity contribution >= 4 is 11.6 Å². The molecule has 0 spiro atoms. The second-order valence-electron chi connectivity index (χ2n) is 0.517. The number of rotatable bonds is 0. The van der Waals surface area contributed by atoms with Crippen LogP contribution in [0.3, 0.4) is 0 Å². The molecule has 0 nitrogen and oxygen atoms in total. The number of hydrogen-bond donors (Lipinski definition) is 0. The zero-order valence-electron chi connectivity index (χ0n) is 3.87. The first-order valence-corrected chi connectivity index (χ1v) is 1.27. The fourth-order valence-electron chi connectivity index (χ4n) is 0. The second kappa shape index (κ2) is 9.38. The van der Waals surface area contributed by atoms with Gasteiger partial charge < -0.3 is 7.43 Å². The van der Waals surface area contributed by atoms with Crippen LogP contribution in [0.5, 0.6) is 0 Å². The van der Waals surface area contributed by atoms with Crippen molar-refractivity contribution in [2.45, 2.75) is 0 Å². The fraction of sp³-hybridized carbons (Fsp3) is 0. The van der Waals surface area contributed by atoms with Gasteiger partial charge in [0.1, 0.15) is 0 Å². The van der Waals surface area contributed by atoms with Gasteiger partial charge in [0.25, 0.3) is 0 Å². The smallest absolute Gasteiger partial charge is 0 e. The molecule has 0 aromatic carbocycles. The molecule has 0 saturated heterocycles. The molecule has 35 valence electrons. The van der Waals surface area contributed by atoms with Crippen molar-refractivity contribution in [3.8, 4) is 0 Å². The van der Waals surface area contributed by atoms with E-state index < -0.39 is 0 Å². The van der Waals surface area contributed by atoms with Gasteiger partial charge >= 0.3 is 0 Å². The van der Waals surface area contributed by atoms with Gasteiger partial charge in [-0.25, -0.2) is 13.5 Å². The van der Waals surface area contributed by atoms with E-state index in [2.05, 4.69) is 13.5 Å². The van der Waals surface area contributed by atoms with Gasteiger partial charge in [-0.15, -0.1) is 16.6 Å². The Morgan fingerprint density at radius 3 is 1.67 bits per heavy atom. The van der Waals surface area contributed by atoms with Gasteiger partial charge in [-0.2, -0.15) is 0 Å². The third-order valence-electron chi connectivity index (χ3n) is 0. The normalized spacial score (nSPS) is 4.17. The molecule has 0 aliphatic heterocycles. The number of halogens is 1. The molecule has 0 aliphatic rings. The summed E-state index contributed by atoms with van der Waals surface area (Å²) < 4.78 is 0. The minimum absolute atomic E-state index is 0. The average Bonchev–Trinajstić information content (AvgIpc) is 0.811. The van der Waals surface area contributed by atoms with Crippen molar-refractivity contribution in [2.24, 2.45) is 0 Å². The first-order chi connectivity index (χ1) is 1.73. The molecule has 0 heterocycles. The first kappa shape index (κ1) is 15.7. The van der Waals surface area contributed by atoms with Gasteiger partial charge in [0.05, 0.1) is 0 Å². The zero-order chi connectivity index (χ0) is 3.58. The topological polar surface area (TPSA) is 0 Å². The van der Waals surface area contributed by atoms with Crippen molar-refractivity contribution in [1.82, 2.24) is 0 Å². The van der Waals surface area contributed by atoms with Gasteiger partial charge in [0.2, 0.25) is 0 Å². The molecular formula is C4H7ClY-2. The molecular weight excluding hydrogens is 172 g/mol. The van der Waals surface area contributed by atoms with E-state index in [-0.39, 0.29) is 40.1 Å². The van der Waals surface area contributed by atoms with Gasteiger partial charge in [0, 0.05) is 32.7 Å². The van der Waals surface area contributed by atoms with Crippen LogP contribution in [0.2, 0.25) is 0 Å². The van der Waals surface area contributed by atoms with E-state index in [1.165, 1.54) is 0 Å². The summed E-state index contributed by atoms with van der Waals surface area (Å²) in [6, 6.07) is 0. The molecule has 6 heavy (non-hydrogen) atoms. The van der Waals surface area contributed by atoms with E-state index in [1.54, 1.807) is 0 Å². The average molecular weight is 179 g/mol. The Morgan fingerprint density at radius 1 is 1.67 bits per heavy atom. The Labute approximate surface area is 69.8 Å². The Bertz CT molecular complexity index is 30.5. The van der Waals surface area contributed by atoms with Crippen LogP contribution in [0.1, 0.15) is 0 Å². The van der Waals surface area contributed by atoms with Crippen LogP contribution in [0.15, 0.2) is 11.6 Å². The van der Waals surface area contributed by atoms with Crippen LogP contribution in [-0.2, 0) is 32.7 Å². The molecule has 0 amide bonds. The van der Waals surface area contributed by atoms with Crippen LogP contribution in [-0.4, -0.2) is 0 Å². The summed E-state index contributed by atoms with van der Waals surface area (Å²) in [6.45, 7) is 6.42. The van der Waals surface area contributed by atoms with Gasteiger partial charge in [0.15, 0.2) is 0 Å². The van der Waals surface area contributed by atoms with E-state index in [1.807, 2.05) is 0 Å². The molecule has 2 heteroatoms. The first-order valence-electron chi connectivity index (χ1n) is 0.896. The van der Waals surface area contributed by atoms with Crippen molar-refractivity contribution in [3.05, 3.63) is 26.0 Å². The maximum absolute atomic E-state index is 4.97. The Hall–Kier alpha value is 1.00. The minimum atomic E-state index is 0. The number of hydrogen-bond acceptors (Lipinski definition) is 0. The molecule has 0 aromatic rings. The van der Waals surface area contributed by atoms with Gasteiger partial charge in [-0.1, -0.05) is 0 Å². The quantitative estimate of drug-likeness (QED) is 0.499. The van der Waals surface area contributed by atoms with E-state index in [4.69, 9.17) is 11.6 Å². The van der Waals surface area contributed by atoms with Crippen molar-refractivity contribution in [2.75, 3.05) is 0 Å². The molecule has 0 aliphatic carbocycles. The van der Waals surface area contributed by atoms with Crippen molar-refractivity contribution in [3.63, 3.8) is 0 Å². The molecule has 0 aromatic heterocycles. The summed E-state index contributed by atoms with van der Waals surface area (Å²) in [5, 5.41) is 0.389. The third kappa shape index (κ3) is 79.6. The second-order valence-corrected chi connectivity index (χ2v) is 1.05. The molecule has 0 unspecified atom stereocenters. The fourth-order valence-corrected chi connectivity index (χ4v) is 0. The van der Waals surface area contributed by atoms with Crippen molar-refractivity contribution in [1.29, 1.82) is 0 Å². The monoisotopic (exact) mass is 179 g/mol. The van der Waals surface area contributed by atoms with Crippen LogP contribution in [0.25, 0.3) is 0 Å². The van der Waals surface area contributed by atoms with E-state index in [9.17, 15) is 0 Å². The molecule has 0 saturated carbocycles. The minimum Gasteiger partial charge on any atom is -0.358 e. The Balaban J connectivity index is -0.0000000450. The number of allylic oxidation sites excluding steroid dienone is 1. The molecule has 0 bridgehead atoms. The molecule has 0 fully saturated rings. The van der Waals surface area contributed by atoms with Crippen LogP contribution in [0.4, 0.5) is 0 Å². The van der Waals surface area contributed by atoms with Crippen LogP contribution >= 0.6 is 11.6 Å². The summed E-state index contributed by atoms with van der Waals surface area (Å²) in [6.07, 6.45) is 0. The van der Waals surface area contributed by atoms with Gasteiger partial charge in [-0.05, 0) is 0 Å². The Kier molecular flexibility index (Phi) is 24.6. The predicted molar refractivity (Wildman–Crippen MR) is 26.8 cm³/mol. The summed E-state index contributed by atoms with van der Waals surface area (Å²) in [5.74, 6) is 0. The van der Waals surface area contributed by atoms with E-state index in [0.717, 1.165) is 0 Å². The van der Waals surface area contributed by atoms with Gasteiger partial charge in [-0.3, -0.25) is 0 Å². The van der Waals surface area contributed by atoms with Crippen LogP contribution in [0, 0.1) is 14.4 Å². The molecule has 0 atom stereocenters.